The largest absolute Gasteiger partial charge is 0.340 e. The van der Waals surface area contributed by atoms with Gasteiger partial charge in [0.05, 0.1) is 37.0 Å². The number of aryl methyl sites for hydroxylation is 2. The van der Waals surface area contributed by atoms with E-state index in [4.69, 9.17) is 9.97 Å². The molecular weight excluding hydrogens is 853 g/mol. The van der Waals surface area contributed by atoms with Crippen LogP contribution in [0.3, 0.4) is 0 Å². The molecule has 0 aliphatic rings. The molecule has 302 valence electrons. The predicted octanol–water partition coefficient (Wildman–Crippen LogP) is 8.16. The Balaban J connectivity index is 0.000000179. The molecule has 17 heteroatoms. The minimum Gasteiger partial charge on any atom is -0.340 e. The van der Waals surface area contributed by atoms with Crippen LogP contribution in [-0.4, -0.2) is 82.8 Å². The van der Waals surface area contributed by atoms with Crippen LogP contribution in [0.15, 0.2) is 142 Å². The molecule has 0 aliphatic heterocycles. The lowest BCUT2D eigenvalue weighted by Gasteiger charge is -2.13. The lowest BCUT2D eigenvalue weighted by Crippen LogP contribution is -2.22. The van der Waals surface area contributed by atoms with Crippen LogP contribution in [0.4, 0.5) is 23.0 Å². The Morgan fingerprint density at radius 3 is 1.46 bits per heavy atom. The first-order valence-corrected chi connectivity index (χ1v) is 21.9. The lowest BCUT2D eigenvalue weighted by atomic mass is 10.1. The fraction of sp³-hybridized carbons (Fsp3) is 0.143. The molecular formula is C42H41BrN10O4S2. The number of hydrogen-bond acceptors (Lipinski definition) is 10. The maximum Gasteiger partial charge on any atom is 0.242 e. The third-order valence-corrected chi connectivity index (χ3v) is 13.8. The Bertz CT molecular complexity index is 2990. The molecule has 0 amide bonds. The van der Waals surface area contributed by atoms with E-state index in [-0.39, 0.29) is 9.79 Å². The van der Waals surface area contributed by atoms with Crippen molar-refractivity contribution in [3.8, 4) is 22.5 Å². The maximum atomic E-state index is 12.3. The highest BCUT2D eigenvalue weighted by Crippen LogP contribution is 2.30. The van der Waals surface area contributed by atoms with E-state index in [2.05, 4.69) is 36.8 Å². The third kappa shape index (κ3) is 8.74. The molecule has 0 atom stereocenters. The van der Waals surface area contributed by atoms with E-state index in [0.717, 1.165) is 67.0 Å². The number of nitrogens with zero attached hydrogens (tertiary/aromatic N) is 8. The Kier molecular flexibility index (Phi) is 11.7. The molecule has 0 spiro atoms. The van der Waals surface area contributed by atoms with Gasteiger partial charge in [-0.2, -0.15) is 19.2 Å². The summed E-state index contributed by atoms with van der Waals surface area (Å²) < 4.78 is 55.8. The highest BCUT2D eigenvalue weighted by molar-refractivity contribution is 9.10. The van der Waals surface area contributed by atoms with Gasteiger partial charge in [-0.25, -0.2) is 35.4 Å². The van der Waals surface area contributed by atoms with Gasteiger partial charge < -0.3 is 10.6 Å². The van der Waals surface area contributed by atoms with Gasteiger partial charge in [0.2, 0.25) is 20.0 Å². The van der Waals surface area contributed by atoms with Gasteiger partial charge in [-0.15, -0.1) is 0 Å². The number of benzene rings is 4. The van der Waals surface area contributed by atoms with Crippen molar-refractivity contribution in [3.05, 3.63) is 143 Å². The predicted molar refractivity (Wildman–Crippen MR) is 235 cm³/mol. The van der Waals surface area contributed by atoms with E-state index < -0.39 is 20.0 Å². The first kappa shape index (κ1) is 41.2. The second-order valence-electron chi connectivity index (χ2n) is 13.8. The van der Waals surface area contributed by atoms with E-state index in [0.29, 0.717) is 5.65 Å². The molecule has 14 nitrogen and oxygen atoms in total. The first-order chi connectivity index (χ1) is 28.1. The second kappa shape index (κ2) is 16.7. The quantitative estimate of drug-likeness (QED) is 0.137. The van der Waals surface area contributed by atoms with Gasteiger partial charge in [0, 0.05) is 68.9 Å². The summed E-state index contributed by atoms with van der Waals surface area (Å²) in [6, 6.07) is 38.9. The van der Waals surface area contributed by atoms with Crippen LogP contribution in [0.2, 0.25) is 0 Å². The first-order valence-electron chi connectivity index (χ1n) is 18.3. The topological polar surface area (TPSA) is 159 Å². The van der Waals surface area contributed by atoms with Crippen molar-refractivity contribution in [2.75, 3.05) is 38.8 Å². The fourth-order valence-electron chi connectivity index (χ4n) is 6.02. The highest BCUT2D eigenvalue weighted by Gasteiger charge is 2.19. The van der Waals surface area contributed by atoms with Crippen molar-refractivity contribution in [2.24, 2.45) is 0 Å². The van der Waals surface area contributed by atoms with Gasteiger partial charge in [0.15, 0.2) is 11.3 Å². The van der Waals surface area contributed by atoms with Crippen LogP contribution in [0, 0.1) is 13.8 Å². The molecule has 8 aromatic rings. The summed E-state index contributed by atoms with van der Waals surface area (Å²) in [4.78, 5) is 9.95. The van der Waals surface area contributed by atoms with Gasteiger partial charge in [0.25, 0.3) is 0 Å². The average Bonchev–Trinajstić information content (AvgIpc) is 3.76. The van der Waals surface area contributed by atoms with Gasteiger partial charge in [-0.05, 0) is 78.3 Å². The Hall–Kier alpha value is -5.98. The molecule has 0 radical (unpaired) electrons. The average molecular weight is 894 g/mol. The number of sulfonamides is 2. The molecule has 4 aromatic carbocycles. The van der Waals surface area contributed by atoms with E-state index in [9.17, 15) is 16.8 Å². The normalized spacial score (nSPS) is 11.9. The molecule has 2 N–H and O–H groups in total. The second-order valence-corrected chi connectivity index (χ2v) is 18.9. The van der Waals surface area contributed by atoms with Crippen LogP contribution in [-0.2, 0) is 20.0 Å². The monoisotopic (exact) mass is 892 g/mol. The van der Waals surface area contributed by atoms with Crippen molar-refractivity contribution < 1.29 is 16.8 Å². The summed E-state index contributed by atoms with van der Waals surface area (Å²) in [7, 11) is -0.884. The van der Waals surface area contributed by atoms with Crippen LogP contribution >= 0.6 is 15.9 Å². The molecule has 0 saturated heterocycles. The van der Waals surface area contributed by atoms with Crippen molar-refractivity contribution in [1.29, 1.82) is 0 Å². The molecule has 0 unspecified atom stereocenters. The van der Waals surface area contributed by atoms with E-state index in [1.54, 1.807) is 57.6 Å². The summed E-state index contributed by atoms with van der Waals surface area (Å²) in [6.45, 7) is 3.83. The standard InChI is InChI=1S/C21H20BrN5O2S.C21H21N5O2S/c1-14-20(22)21-24-18(15-7-5-4-6-8-15)13-19(27(21)25-14)23-16-9-11-17(12-10-16)30(28,29)26(2)3;1-15-13-20-23-19(16-7-5-4-6-8-16)14-21(26(20)24-15)22-17-9-11-18(12-10-17)29(27,28)25(2)3/h4-13,23H,1-3H3;4-14,22H,1-3H3. The zero-order chi connectivity index (χ0) is 42.1. The van der Waals surface area contributed by atoms with Crippen LogP contribution in [0.5, 0.6) is 0 Å². The Morgan fingerprint density at radius 2 is 1.00 bits per heavy atom. The number of anilines is 4. The molecule has 4 heterocycles. The van der Waals surface area contributed by atoms with Crippen LogP contribution < -0.4 is 10.6 Å². The van der Waals surface area contributed by atoms with E-state index in [1.807, 2.05) is 92.7 Å². The molecule has 0 saturated carbocycles. The van der Waals surface area contributed by atoms with Crippen molar-refractivity contribution >= 4 is 70.3 Å². The molecule has 0 aliphatic carbocycles. The molecule has 0 bridgehead atoms. The summed E-state index contributed by atoms with van der Waals surface area (Å²) in [5.74, 6) is 1.46. The molecule has 8 rings (SSSR count). The minimum atomic E-state index is -3.47. The van der Waals surface area contributed by atoms with Gasteiger partial charge in [-0.1, -0.05) is 60.7 Å². The Morgan fingerprint density at radius 1 is 0.559 bits per heavy atom. The summed E-state index contributed by atoms with van der Waals surface area (Å²) in [6.07, 6.45) is 0. The third-order valence-electron chi connectivity index (χ3n) is 9.19. The summed E-state index contributed by atoms with van der Waals surface area (Å²) >= 11 is 3.58. The number of rotatable bonds is 10. The van der Waals surface area contributed by atoms with Crippen LogP contribution in [0.1, 0.15) is 11.4 Å². The van der Waals surface area contributed by atoms with E-state index in [1.165, 1.54) is 36.8 Å². The van der Waals surface area contributed by atoms with E-state index >= 15 is 0 Å². The maximum absolute atomic E-state index is 12.3. The van der Waals surface area contributed by atoms with Gasteiger partial charge >= 0.3 is 0 Å². The lowest BCUT2D eigenvalue weighted by molar-refractivity contribution is 0.519. The van der Waals surface area contributed by atoms with Gasteiger partial charge in [-0.3, -0.25) is 0 Å². The summed E-state index contributed by atoms with van der Waals surface area (Å²) in [5, 5.41) is 15.7. The van der Waals surface area contributed by atoms with Crippen molar-refractivity contribution in [1.82, 2.24) is 37.8 Å². The Labute approximate surface area is 351 Å². The van der Waals surface area contributed by atoms with Crippen molar-refractivity contribution in [3.63, 3.8) is 0 Å². The summed E-state index contributed by atoms with van der Waals surface area (Å²) in [5.41, 5.74) is 8.23. The number of nitrogens with one attached hydrogen (secondary N) is 2. The number of hydrogen-bond donors (Lipinski definition) is 2. The number of halogens is 1. The zero-order valence-corrected chi connectivity index (χ0v) is 36.2. The number of fused-ring (bicyclic) bond motifs is 2. The van der Waals surface area contributed by atoms with Gasteiger partial charge in [0.1, 0.15) is 11.6 Å². The zero-order valence-electron chi connectivity index (χ0n) is 33.0. The highest BCUT2D eigenvalue weighted by atomic mass is 79.9. The van der Waals surface area contributed by atoms with Crippen LogP contribution in [0.25, 0.3) is 33.8 Å². The van der Waals surface area contributed by atoms with Crippen molar-refractivity contribution in [2.45, 2.75) is 23.6 Å². The molecule has 59 heavy (non-hydrogen) atoms. The molecule has 4 aromatic heterocycles. The number of aromatic nitrogens is 6. The smallest absolute Gasteiger partial charge is 0.242 e. The molecule has 0 fully saturated rings. The minimum absolute atomic E-state index is 0.237. The fourth-order valence-corrected chi connectivity index (χ4v) is 8.16. The SMILES string of the molecule is Cc1cc2nc(-c3ccccc3)cc(Nc3ccc(S(=O)(=O)N(C)C)cc3)n2n1.Cc1nn2c(Nc3ccc(S(=O)(=O)N(C)C)cc3)cc(-c3ccccc3)nc2c1Br.